The van der Waals surface area contributed by atoms with Crippen LogP contribution in [0.2, 0.25) is 0 Å². The standard InChI is InChI=1S/C15H18N2O4/c1-9-6-13(9)15(20)21-8-14(19)17-12-5-3-4-11(7-12)16-10(2)18/h3-5,7,9,13H,6,8H2,1-2H3,(H,16,18)(H,17,19)/t9-,13+/m1/s1. The molecule has 2 N–H and O–H groups in total. The van der Waals surface area contributed by atoms with Crippen molar-refractivity contribution in [1.29, 1.82) is 0 Å². The molecule has 1 aromatic rings. The van der Waals surface area contributed by atoms with Crippen LogP contribution in [0.3, 0.4) is 0 Å². The molecular formula is C15H18N2O4. The van der Waals surface area contributed by atoms with Gasteiger partial charge in [-0.05, 0) is 30.5 Å². The highest BCUT2D eigenvalue weighted by Crippen LogP contribution is 2.38. The average molecular weight is 290 g/mol. The first-order chi connectivity index (χ1) is 9.95. The van der Waals surface area contributed by atoms with Gasteiger partial charge in [-0.25, -0.2) is 0 Å². The highest BCUT2D eigenvalue weighted by Gasteiger charge is 2.40. The molecule has 2 amide bonds. The van der Waals surface area contributed by atoms with Gasteiger partial charge in [0, 0.05) is 18.3 Å². The molecule has 2 rings (SSSR count). The zero-order valence-electron chi connectivity index (χ0n) is 12.0. The first-order valence-corrected chi connectivity index (χ1v) is 6.80. The SMILES string of the molecule is CC(=O)Nc1cccc(NC(=O)COC(=O)[C@H]2C[C@H]2C)c1. The third kappa shape index (κ3) is 4.59. The molecule has 1 fully saturated rings. The van der Waals surface area contributed by atoms with Gasteiger partial charge in [0.25, 0.3) is 5.91 Å². The Morgan fingerprint density at radius 2 is 1.86 bits per heavy atom. The van der Waals surface area contributed by atoms with Crippen molar-refractivity contribution in [2.24, 2.45) is 11.8 Å². The van der Waals surface area contributed by atoms with Gasteiger partial charge in [0.1, 0.15) is 0 Å². The lowest BCUT2D eigenvalue weighted by molar-refractivity contribution is -0.148. The summed E-state index contributed by atoms with van der Waals surface area (Å²) in [5, 5.41) is 5.24. The van der Waals surface area contributed by atoms with Crippen molar-refractivity contribution < 1.29 is 19.1 Å². The first kappa shape index (κ1) is 15.0. The maximum absolute atomic E-state index is 11.7. The lowest BCUT2D eigenvalue weighted by Gasteiger charge is -2.08. The van der Waals surface area contributed by atoms with E-state index in [1.165, 1.54) is 6.92 Å². The molecule has 2 atom stereocenters. The molecule has 0 heterocycles. The Kier molecular flexibility index (Phi) is 4.57. The summed E-state index contributed by atoms with van der Waals surface area (Å²) < 4.78 is 4.94. The van der Waals surface area contributed by atoms with E-state index >= 15 is 0 Å². The number of rotatable bonds is 5. The predicted octanol–water partition coefficient (Wildman–Crippen LogP) is 1.78. The van der Waals surface area contributed by atoms with Gasteiger partial charge >= 0.3 is 5.97 Å². The summed E-state index contributed by atoms with van der Waals surface area (Å²) in [5.74, 6) is -0.608. The molecule has 6 nitrogen and oxygen atoms in total. The van der Waals surface area contributed by atoms with Crippen LogP contribution in [-0.2, 0) is 19.1 Å². The van der Waals surface area contributed by atoms with E-state index in [1.807, 2.05) is 6.92 Å². The number of anilines is 2. The van der Waals surface area contributed by atoms with Gasteiger partial charge in [-0.15, -0.1) is 0 Å². The number of ether oxygens (including phenoxy) is 1. The molecule has 0 unspecified atom stereocenters. The number of hydrogen-bond donors (Lipinski definition) is 2. The molecular weight excluding hydrogens is 272 g/mol. The maximum Gasteiger partial charge on any atom is 0.309 e. The van der Waals surface area contributed by atoms with Crippen LogP contribution in [0.15, 0.2) is 24.3 Å². The minimum absolute atomic E-state index is 0.0547. The Balaban J connectivity index is 1.81. The van der Waals surface area contributed by atoms with Gasteiger partial charge in [0.05, 0.1) is 5.92 Å². The molecule has 1 saturated carbocycles. The summed E-state index contributed by atoms with van der Waals surface area (Å²) in [4.78, 5) is 34.2. The molecule has 0 spiro atoms. The topological polar surface area (TPSA) is 84.5 Å². The lowest BCUT2D eigenvalue weighted by atomic mass is 10.2. The van der Waals surface area contributed by atoms with Gasteiger partial charge < -0.3 is 15.4 Å². The van der Waals surface area contributed by atoms with E-state index in [1.54, 1.807) is 24.3 Å². The van der Waals surface area contributed by atoms with E-state index in [4.69, 9.17) is 4.74 Å². The number of hydrogen-bond acceptors (Lipinski definition) is 4. The third-order valence-electron chi connectivity index (χ3n) is 3.22. The monoisotopic (exact) mass is 290 g/mol. The van der Waals surface area contributed by atoms with Gasteiger partial charge in [-0.1, -0.05) is 13.0 Å². The molecule has 0 saturated heterocycles. The van der Waals surface area contributed by atoms with E-state index < -0.39 is 5.91 Å². The molecule has 0 aromatic heterocycles. The number of esters is 1. The number of amides is 2. The van der Waals surface area contributed by atoms with Crippen molar-refractivity contribution in [3.05, 3.63) is 24.3 Å². The second kappa shape index (κ2) is 6.39. The number of nitrogens with one attached hydrogen (secondary N) is 2. The lowest BCUT2D eigenvalue weighted by Crippen LogP contribution is -2.21. The van der Waals surface area contributed by atoms with Crippen LogP contribution in [0.25, 0.3) is 0 Å². The first-order valence-electron chi connectivity index (χ1n) is 6.80. The second-order valence-electron chi connectivity index (χ2n) is 5.24. The molecule has 1 aliphatic rings. The average Bonchev–Trinajstić information content (AvgIpc) is 3.13. The van der Waals surface area contributed by atoms with E-state index in [9.17, 15) is 14.4 Å². The van der Waals surface area contributed by atoms with Gasteiger partial charge in [0.15, 0.2) is 6.61 Å². The van der Waals surface area contributed by atoms with Crippen LogP contribution in [-0.4, -0.2) is 24.4 Å². The highest BCUT2D eigenvalue weighted by molar-refractivity contribution is 5.94. The van der Waals surface area contributed by atoms with Crippen LogP contribution in [0.1, 0.15) is 20.3 Å². The van der Waals surface area contributed by atoms with Crippen LogP contribution < -0.4 is 10.6 Å². The van der Waals surface area contributed by atoms with Crippen molar-refractivity contribution in [3.63, 3.8) is 0 Å². The fourth-order valence-corrected chi connectivity index (χ4v) is 1.97. The fourth-order valence-electron chi connectivity index (χ4n) is 1.97. The molecule has 1 aromatic carbocycles. The minimum Gasteiger partial charge on any atom is -0.455 e. The summed E-state index contributed by atoms with van der Waals surface area (Å²) >= 11 is 0. The Morgan fingerprint density at radius 1 is 1.24 bits per heavy atom. The zero-order valence-corrected chi connectivity index (χ0v) is 12.0. The zero-order chi connectivity index (χ0) is 15.4. The molecule has 112 valence electrons. The van der Waals surface area contributed by atoms with Crippen LogP contribution >= 0.6 is 0 Å². The summed E-state index contributed by atoms with van der Waals surface area (Å²) in [6.07, 6.45) is 0.833. The Labute approximate surface area is 122 Å². The summed E-state index contributed by atoms with van der Waals surface area (Å²) in [6.45, 7) is 3.08. The Hall–Kier alpha value is -2.37. The molecule has 0 bridgehead atoms. The van der Waals surface area contributed by atoms with Crippen molar-refractivity contribution in [3.8, 4) is 0 Å². The minimum atomic E-state index is -0.406. The smallest absolute Gasteiger partial charge is 0.309 e. The Morgan fingerprint density at radius 3 is 2.43 bits per heavy atom. The van der Waals surface area contributed by atoms with E-state index in [2.05, 4.69) is 10.6 Å². The van der Waals surface area contributed by atoms with Gasteiger partial charge in [-0.2, -0.15) is 0 Å². The molecule has 0 aliphatic heterocycles. The summed E-state index contributed by atoms with van der Waals surface area (Å²) in [5.41, 5.74) is 1.12. The predicted molar refractivity (Wildman–Crippen MR) is 77.6 cm³/mol. The third-order valence-corrected chi connectivity index (χ3v) is 3.22. The normalized spacial score (nSPS) is 19.5. The van der Waals surface area contributed by atoms with Gasteiger partial charge in [0.2, 0.25) is 5.91 Å². The largest absolute Gasteiger partial charge is 0.455 e. The van der Waals surface area contributed by atoms with Gasteiger partial charge in [-0.3, -0.25) is 14.4 Å². The second-order valence-corrected chi connectivity index (χ2v) is 5.24. The molecule has 1 aliphatic carbocycles. The van der Waals surface area contributed by atoms with Crippen LogP contribution in [0.4, 0.5) is 11.4 Å². The van der Waals surface area contributed by atoms with E-state index in [0.717, 1.165) is 6.42 Å². The summed E-state index contributed by atoms with van der Waals surface area (Å²) in [6, 6.07) is 6.74. The maximum atomic E-state index is 11.7. The Bertz CT molecular complexity index is 571. The van der Waals surface area contributed by atoms with Crippen molar-refractivity contribution in [2.75, 3.05) is 17.2 Å². The quantitative estimate of drug-likeness (QED) is 0.810. The number of carbonyl (C=O) groups excluding carboxylic acids is 3. The van der Waals surface area contributed by atoms with Crippen LogP contribution in [0.5, 0.6) is 0 Å². The van der Waals surface area contributed by atoms with E-state index in [0.29, 0.717) is 17.3 Å². The number of benzene rings is 1. The molecule has 21 heavy (non-hydrogen) atoms. The highest BCUT2D eigenvalue weighted by atomic mass is 16.5. The van der Waals surface area contributed by atoms with E-state index in [-0.39, 0.29) is 24.4 Å². The van der Waals surface area contributed by atoms with Crippen LogP contribution in [0, 0.1) is 11.8 Å². The van der Waals surface area contributed by atoms with Crippen molar-refractivity contribution in [1.82, 2.24) is 0 Å². The van der Waals surface area contributed by atoms with Crippen molar-refractivity contribution in [2.45, 2.75) is 20.3 Å². The summed E-state index contributed by atoms with van der Waals surface area (Å²) in [7, 11) is 0. The van der Waals surface area contributed by atoms with Crippen molar-refractivity contribution >= 4 is 29.2 Å². The molecule has 6 heteroatoms. The molecule has 0 radical (unpaired) electrons. The fraction of sp³-hybridized carbons (Fsp3) is 0.400. The number of carbonyl (C=O) groups is 3.